The van der Waals surface area contributed by atoms with E-state index >= 15 is 0 Å². The first kappa shape index (κ1) is 23.9. The predicted molar refractivity (Wildman–Crippen MR) is 126 cm³/mol. The van der Waals surface area contributed by atoms with E-state index in [1.807, 2.05) is 6.92 Å². The van der Waals surface area contributed by atoms with Crippen molar-refractivity contribution in [2.45, 2.75) is 50.8 Å². The van der Waals surface area contributed by atoms with E-state index < -0.39 is 21.3 Å². The van der Waals surface area contributed by atoms with E-state index in [1.54, 1.807) is 17.1 Å². The molecule has 0 spiro atoms. The summed E-state index contributed by atoms with van der Waals surface area (Å²) in [7, 11) is -0.0422. The standard InChI is InChI=1S/C21H29N7O5S/c1-4-28-19-15(12-25-28)18(26-13-5-7-34(31,32)8-6-13)14(11-24-19)16-9-21(33-27-16,20(30)23-3)10-17(29)22-2/h11-13H,4-10H2,1-3H3,(H,22,29)(H,23,30)(H,24,26). The molecule has 34 heavy (non-hydrogen) atoms. The molecular weight excluding hydrogens is 462 g/mol. The van der Waals surface area contributed by atoms with Gasteiger partial charge in [-0.1, -0.05) is 5.16 Å². The zero-order valence-corrected chi connectivity index (χ0v) is 20.2. The molecule has 1 saturated heterocycles. The molecule has 2 aliphatic rings. The van der Waals surface area contributed by atoms with Gasteiger partial charge in [-0.25, -0.2) is 18.1 Å². The number of carbonyl (C=O) groups excluding carboxylic acids is 2. The molecule has 0 radical (unpaired) electrons. The second-order valence-corrected chi connectivity index (χ2v) is 10.8. The molecule has 12 nitrogen and oxygen atoms in total. The van der Waals surface area contributed by atoms with Crippen LogP contribution >= 0.6 is 0 Å². The van der Waals surface area contributed by atoms with Crippen LogP contribution in [-0.4, -0.2) is 78.0 Å². The number of aromatic nitrogens is 3. The molecule has 4 heterocycles. The van der Waals surface area contributed by atoms with Crippen LogP contribution in [0.5, 0.6) is 0 Å². The highest BCUT2D eigenvalue weighted by Crippen LogP contribution is 2.36. The second-order valence-electron chi connectivity index (χ2n) is 8.54. The average Bonchev–Trinajstić information content (AvgIpc) is 3.45. The molecule has 2 aromatic rings. The van der Waals surface area contributed by atoms with Crippen molar-refractivity contribution in [3.05, 3.63) is 18.0 Å². The van der Waals surface area contributed by atoms with Crippen LogP contribution in [-0.2, 0) is 30.8 Å². The molecule has 0 bridgehead atoms. The fraction of sp³-hybridized carbons (Fsp3) is 0.571. The van der Waals surface area contributed by atoms with Crippen molar-refractivity contribution in [3.63, 3.8) is 0 Å². The summed E-state index contributed by atoms with van der Waals surface area (Å²) in [6.07, 6.45) is 4.21. The Balaban J connectivity index is 1.71. The van der Waals surface area contributed by atoms with Crippen molar-refractivity contribution in [1.29, 1.82) is 0 Å². The topological polar surface area (TPSA) is 157 Å². The minimum atomic E-state index is -3.01. The quantitative estimate of drug-likeness (QED) is 0.495. The maximum atomic E-state index is 12.7. The molecule has 2 aromatic heterocycles. The first-order chi connectivity index (χ1) is 16.2. The van der Waals surface area contributed by atoms with Gasteiger partial charge in [-0.3, -0.25) is 9.59 Å². The van der Waals surface area contributed by atoms with Gasteiger partial charge in [0.2, 0.25) is 11.5 Å². The second kappa shape index (κ2) is 9.20. The monoisotopic (exact) mass is 491 g/mol. The first-order valence-electron chi connectivity index (χ1n) is 11.2. The molecule has 0 aromatic carbocycles. The lowest BCUT2D eigenvalue weighted by Gasteiger charge is -2.26. The normalized spacial score (nSPS) is 22.1. The summed E-state index contributed by atoms with van der Waals surface area (Å²) in [4.78, 5) is 35.0. The van der Waals surface area contributed by atoms with E-state index in [-0.39, 0.29) is 36.3 Å². The highest BCUT2D eigenvalue weighted by Gasteiger charge is 2.48. The van der Waals surface area contributed by atoms with Crippen molar-refractivity contribution in [1.82, 2.24) is 25.4 Å². The Morgan fingerprint density at radius 2 is 1.94 bits per heavy atom. The minimum Gasteiger partial charge on any atom is -0.381 e. The molecule has 3 N–H and O–H groups in total. The number of carbonyl (C=O) groups is 2. The molecule has 2 amide bonds. The Morgan fingerprint density at radius 1 is 1.21 bits per heavy atom. The number of amides is 2. The first-order valence-corrected chi connectivity index (χ1v) is 13.0. The van der Waals surface area contributed by atoms with Gasteiger partial charge in [0.05, 0.1) is 40.9 Å². The number of aryl methyl sites for hydroxylation is 1. The van der Waals surface area contributed by atoms with E-state index in [4.69, 9.17) is 4.84 Å². The lowest BCUT2D eigenvalue weighted by molar-refractivity contribution is -0.149. The number of nitrogens with zero attached hydrogens (tertiary/aromatic N) is 4. The number of anilines is 1. The Morgan fingerprint density at radius 3 is 2.59 bits per heavy atom. The fourth-order valence-electron chi connectivity index (χ4n) is 4.37. The van der Waals surface area contributed by atoms with Gasteiger partial charge in [0.15, 0.2) is 5.65 Å². The maximum Gasteiger partial charge on any atom is 0.267 e. The summed E-state index contributed by atoms with van der Waals surface area (Å²) < 4.78 is 25.6. The Kier molecular flexibility index (Phi) is 6.47. The third-order valence-electron chi connectivity index (χ3n) is 6.33. The van der Waals surface area contributed by atoms with Gasteiger partial charge in [0.1, 0.15) is 9.84 Å². The number of pyridine rings is 1. The highest BCUT2D eigenvalue weighted by atomic mass is 32.2. The molecule has 0 aliphatic carbocycles. The van der Waals surface area contributed by atoms with Crippen LogP contribution in [0.4, 0.5) is 5.69 Å². The molecular formula is C21H29N7O5S. The Bertz CT molecular complexity index is 1240. The summed E-state index contributed by atoms with van der Waals surface area (Å²) in [6, 6.07) is -0.0599. The van der Waals surface area contributed by atoms with Gasteiger partial charge in [0.25, 0.3) is 5.91 Å². The lowest BCUT2D eigenvalue weighted by atomic mass is 9.89. The van der Waals surface area contributed by atoms with Crippen LogP contribution in [0.15, 0.2) is 17.5 Å². The van der Waals surface area contributed by atoms with Crippen LogP contribution in [0, 0.1) is 0 Å². The van der Waals surface area contributed by atoms with E-state index in [0.29, 0.717) is 42.0 Å². The van der Waals surface area contributed by atoms with E-state index in [0.717, 1.165) is 5.39 Å². The summed E-state index contributed by atoms with van der Waals surface area (Å²) in [6.45, 7) is 2.60. The van der Waals surface area contributed by atoms with E-state index in [9.17, 15) is 18.0 Å². The fourth-order valence-corrected chi connectivity index (χ4v) is 5.86. The van der Waals surface area contributed by atoms with Crippen LogP contribution in [0.3, 0.4) is 0 Å². The molecule has 4 rings (SSSR count). The van der Waals surface area contributed by atoms with Crippen molar-refractivity contribution < 1.29 is 22.8 Å². The molecule has 1 atom stereocenters. The van der Waals surface area contributed by atoms with Gasteiger partial charge in [-0.05, 0) is 19.8 Å². The molecule has 184 valence electrons. The largest absolute Gasteiger partial charge is 0.381 e. The zero-order chi connectivity index (χ0) is 24.5. The summed E-state index contributed by atoms with van der Waals surface area (Å²) >= 11 is 0. The third-order valence-corrected chi connectivity index (χ3v) is 8.04. The number of fused-ring (bicyclic) bond motifs is 1. The van der Waals surface area contributed by atoms with Crippen LogP contribution in [0.25, 0.3) is 11.0 Å². The maximum absolute atomic E-state index is 12.7. The van der Waals surface area contributed by atoms with Gasteiger partial charge in [0, 0.05) is 44.9 Å². The average molecular weight is 492 g/mol. The van der Waals surface area contributed by atoms with Crippen molar-refractivity contribution in [2.24, 2.45) is 5.16 Å². The number of nitrogens with one attached hydrogen (secondary N) is 3. The van der Waals surface area contributed by atoms with Gasteiger partial charge >= 0.3 is 0 Å². The number of likely N-dealkylation sites (N-methyl/N-ethyl adjacent to an activating group) is 1. The van der Waals surface area contributed by atoms with Crippen molar-refractivity contribution >= 4 is 44.1 Å². The van der Waals surface area contributed by atoms with Crippen LogP contribution < -0.4 is 16.0 Å². The molecule has 13 heteroatoms. The molecule has 0 saturated carbocycles. The number of hydrogen-bond acceptors (Lipinski definition) is 9. The van der Waals surface area contributed by atoms with E-state index in [1.165, 1.54) is 14.1 Å². The van der Waals surface area contributed by atoms with Crippen molar-refractivity contribution in [2.75, 3.05) is 30.9 Å². The molecule has 1 unspecified atom stereocenters. The van der Waals surface area contributed by atoms with E-state index in [2.05, 4.69) is 31.2 Å². The van der Waals surface area contributed by atoms with Crippen LogP contribution in [0.2, 0.25) is 0 Å². The number of oxime groups is 1. The summed E-state index contributed by atoms with van der Waals surface area (Å²) in [5.41, 5.74) is 1.02. The third kappa shape index (κ3) is 4.43. The van der Waals surface area contributed by atoms with Gasteiger partial charge < -0.3 is 20.8 Å². The van der Waals surface area contributed by atoms with Crippen molar-refractivity contribution in [3.8, 4) is 0 Å². The molecule has 1 fully saturated rings. The summed E-state index contributed by atoms with van der Waals surface area (Å²) in [5, 5.41) is 17.9. The Labute approximate surface area is 197 Å². The lowest BCUT2D eigenvalue weighted by Crippen LogP contribution is -2.48. The minimum absolute atomic E-state index is 0.0599. The number of hydrogen-bond donors (Lipinski definition) is 3. The summed E-state index contributed by atoms with van der Waals surface area (Å²) in [5.74, 6) is -0.550. The zero-order valence-electron chi connectivity index (χ0n) is 19.4. The smallest absolute Gasteiger partial charge is 0.267 e. The predicted octanol–water partition coefficient (Wildman–Crippen LogP) is 0.186. The Hall–Kier alpha value is -3.22. The highest BCUT2D eigenvalue weighted by molar-refractivity contribution is 7.91. The molecule has 2 aliphatic heterocycles. The van der Waals surface area contributed by atoms with Gasteiger partial charge in [-0.15, -0.1) is 0 Å². The SMILES string of the molecule is CCn1ncc2c(NC3CCS(=O)(=O)CC3)c(C3=NOC(CC(=O)NC)(C(=O)NC)C3)cnc21. The number of rotatable bonds is 7. The number of sulfone groups is 1. The van der Waals surface area contributed by atoms with Crippen LogP contribution in [0.1, 0.15) is 38.2 Å². The van der Waals surface area contributed by atoms with Gasteiger partial charge in [-0.2, -0.15) is 5.10 Å².